The fraction of sp³-hybridized carbons (Fsp3) is 0.429. The second-order valence-corrected chi connectivity index (χ2v) is 20.6. The van der Waals surface area contributed by atoms with E-state index in [0.717, 1.165) is 64.2 Å². The van der Waals surface area contributed by atoms with Crippen molar-refractivity contribution in [3.05, 3.63) is 157 Å². The summed E-state index contributed by atoms with van der Waals surface area (Å²) in [5.74, 6) is -0.0489. The number of nitrogens with two attached hydrogens (primary N) is 2. The number of esters is 2. The molecule has 2 aliphatic carbocycles. The van der Waals surface area contributed by atoms with Crippen LogP contribution < -0.4 is 20.9 Å². The highest BCUT2D eigenvalue weighted by molar-refractivity contribution is 6.01. The number of ketones is 2. The highest BCUT2D eigenvalue weighted by atomic mass is 16.5. The quantitative estimate of drug-likeness (QED) is 0.0107. The molecule has 4 aromatic rings. The van der Waals surface area contributed by atoms with E-state index in [4.69, 9.17) is 20.9 Å². The lowest BCUT2D eigenvalue weighted by molar-refractivity contribution is -0.146. The number of ether oxygens (including phenoxy) is 2. The van der Waals surface area contributed by atoms with Gasteiger partial charge in [0, 0.05) is 16.8 Å². The van der Waals surface area contributed by atoms with E-state index in [2.05, 4.69) is 13.2 Å². The van der Waals surface area contributed by atoms with E-state index in [-0.39, 0.29) is 36.6 Å². The molecule has 2 unspecified atom stereocenters. The van der Waals surface area contributed by atoms with Gasteiger partial charge in [-0.05, 0) is 185 Å². The van der Waals surface area contributed by atoms with Crippen LogP contribution in [0.4, 0.5) is 11.4 Å². The molecule has 0 radical (unpaired) electrons. The van der Waals surface area contributed by atoms with E-state index in [1.54, 1.807) is 109 Å². The van der Waals surface area contributed by atoms with Crippen molar-refractivity contribution < 1.29 is 38.9 Å². The second-order valence-electron chi connectivity index (χ2n) is 20.6. The van der Waals surface area contributed by atoms with Crippen molar-refractivity contribution in [3.63, 3.8) is 0 Å². The summed E-state index contributed by atoms with van der Waals surface area (Å²) >= 11 is 0. The fourth-order valence-corrected chi connectivity index (χ4v) is 10.6. The first-order chi connectivity index (χ1) is 35.3. The van der Waals surface area contributed by atoms with Gasteiger partial charge in [0.1, 0.15) is 23.7 Å². The van der Waals surface area contributed by atoms with Crippen LogP contribution in [0, 0.1) is 29.1 Å². The molecule has 0 amide bonds. The van der Waals surface area contributed by atoms with Gasteiger partial charge in [0.2, 0.25) is 0 Å². The molecule has 73 heavy (non-hydrogen) atoms. The van der Waals surface area contributed by atoms with Crippen LogP contribution in [-0.2, 0) is 32.0 Å². The Morgan fingerprint density at radius 3 is 1.22 bits per heavy atom. The Morgan fingerprint density at radius 2 is 0.877 bits per heavy atom. The summed E-state index contributed by atoms with van der Waals surface area (Å²) in [6, 6.07) is 27.3. The minimum atomic E-state index is -1.87. The van der Waals surface area contributed by atoms with E-state index >= 15 is 0 Å². The highest BCUT2D eigenvalue weighted by Gasteiger charge is 2.49. The first-order valence-corrected chi connectivity index (χ1v) is 26.7. The molecule has 0 spiro atoms. The number of hydrogen-bond donors (Lipinski definition) is 4. The Balaban J connectivity index is 1.11. The lowest BCUT2D eigenvalue weighted by Gasteiger charge is -2.40. The number of rotatable bonds is 28. The molecule has 4 aromatic carbocycles. The Labute approximate surface area is 433 Å². The molecule has 0 bridgehead atoms. The van der Waals surface area contributed by atoms with Crippen molar-refractivity contribution in [2.24, 2.45) is 29.1 Å². The molecule has 2 saturated carbocycles. The number of benzene rings is 4. The van der Waals surface area contributed by atoms with Gasteiger partial charge in [-0.25, -0.2) is 0 Å². The zero-order chi connectivity index (χ0) is 52.0. The molecule has 0 heterocycles. The molecule has 388 valence electrons. The molecular weight excluding hydrogens is 913 g/mol. The second kappa shape index (κ2) is 28.8. The summed E-state index contributed by atoms with van der Waals surface area (Å²) < 4.78 is 11.6. The van der Waals surface area contributed by atoms with Gasteiger partial charge in [-0.2, -0.15) is 0 Å². The van der Waals surface area contributed by atoms with E-state index in [0.29, 0.717) is 57.0 Å². The average molecular weight is 991 g/mol. The SMILES string of the molecule is C=CCCCCCC1CCC(C(=O)Oc2ccc(/C=C/C(=O)C(O)C(Cc3ccc(N)cc3)(Cc3ccc(N)cc3)C(O)C(=O)/C=C/c3ccc(OC(=O)C4CCC(CCCCCC=C)CC4)cc3)cc2)CC1. The van der Waals surface area contributed by atoms with Crippen LogP contribution in [-0.4, -0.2) is 45.9 Å². The number of carbonyl (C=O) groups is 4. The zero-order valence-corrected chi connectivity index (χ0v) is 42.7. The summed E-state index contributed by atoms with van der Waals surface area (Å²) in [5.41, 5.74) is 13.8. The minimum absolute atomic E-state index is 0.0746. The summed E-state index contributed by atoms with van der Waals surface area (Å²) in [5, 5.41) is 24.6. The van der Waals surface area contributed by atoms with Gasteiger partial charge in [-0.3, -0.25) is 19.2 Å². The number of nitrogen functional groups attached to an aromatic ring is 2. The van der Waals surface area contributed by atoms with Crippen LogP contribution >= 0.6 is 0 Å². The Kier molecular flexibility index (Phi) is 22.0. The van der Waals surface area contributed by atoms with Crippen LogP contribution in [0.2, 0.25) is 0 Å². The zero-order valence-electron chi connectivity index (χ0n) is 42.7. The molecule has 6 N–H and O–H groups in total. The predicted octanol–water partition coefficient (Wildman–Crippen LogP) is 12.6. The van der Waals surface area contributed by atoms with E-state index in [1.807, 2.05) is 12.2 Å². The molecule has 0 aromatic heterocycles. The molecule has 10 nitrogen and oxygen atoms in total. The monoisotopic (exact) mass is 991 g/mol. The molecule has 2 fully saturated rings. The van der Waals surface area contributed by atoms with E-state index < -0.39 is 29.2 Å². The maximum absolute atomic E-state index is 14.2. The number of anilines is 2. The standard InChI is InChI=1S/C63H78N2O8/c1-3-5-7-9-11-13-45-15-29-51(30-16-45)61(70)72-55-37-23-47(24-38-55)27-41-57(66)59(68)63(43-49-19-33-53(64)34-20-49,44-50-21-35-54(65)36-22-50)60(69)58(67)42-28-48-25-39-56(40-26-48)73-62(71)52-31-17-46(18-32-52)14-12-10-8-6-4-2/h3-4,19-28,33-42,45-46,51-52,59-60,68-69H,1-2,5-18,29-32,43-44,64-65H2/b41-27+,42-28+. The molecular formula is C63H78N2O8. The predicted molar refractivity (Wildman–Crippen MR) is 293 cm³/mol. The number of aliphatic hydroxyl groups excluding tert-OH is 2. The Morgan fingerprint density at radius 1 is 0.521 bits per heavy atom. The van der Waals surface area contributed by atoms with Gasteiger partial charge in [0.15, 0.2) is 11.6 Å². The van der Waals surface area contributed by atoms with Crippen LogP contribution in [0.25, 0.3) is 12.2 Å². The van der Waals surface area contributed by atoms with E-state index in [9.17, 15) is 29.4 Å². The largest absolute Gasteiger partial charge is 0.426 e. The summed E-state index contributed by atoms with van der Waals surface area (Å²) in [4.78, 5) is 54.7. The van der Waals surface area contributed by atoms with Crippen LogP contribution in [0.15, 0.2) is 135 Å². The summed E-state index contributed by atoms with van der Waals surface area (Å²) in [7, 11) is 0. The highest BCUT2D eigenvalue weighted by Crippen LogP contribution is 2.39. The van der Waals surface area contributed by atoms with Gasteiger partial charge >= 0.3 is 11.9 Å². The van der Waals surface area contributed by atoms with Crippen LogP contribution in [0.1, 0.15) is 138 Å². The third-order valence-corrected chi connectivity index (χ3v) is 15.1. The van der Waals surface area contributed by atoms with Crippen molar-refractivity contribution in [1.29, 1.82) is 0 Å². The van der Waals surface area contributed by atoms with Gasteiger partial charge < -0.3 is 31.2 Å². The van der Waals surface area contributed by atoms with Gasteiger partial charge in [0.25, 0.3) is 0 Å². The van der Waals surface area contributed by atoms with Crippen molar-refractivity contribution in [2.45, 2.75) is 141 Å². The summed E-state index contributed by atoms with van der Waals surface area (Å²) in [6.45, 7) is 7.60. The Bertz CT molecular complexity index is 2270. The molecule has 2 aliphatic rings. The van der Waals surface area contributed by atoms with Crippen molar-refractivity contribution in [2.75, 3.05) is 11.5 Å². The smallest absolute Gasteiger partial charge is 0.314 e. The first kappa shape index (κ1) is 55.9. The number of carbonyl (C=O) groups excluding carboxylic acids is 4. The molecule has 6 rings (SSSR count). The minimum Gasteiger partial charge on any atom is -0.426 e. The maximum atomic E-state index is 14.2. The molecule has 0 aliphatic heterocycles. The normalized spacial score (nSPS) is 19.0. The van der Waals surface area contributed by atoms with Gasteiger partial charge in [0.05, 0.1) is 11.8 Å². The molecule has 0 saturated heterocycles. The number of aliphatic hydroxyl groups is 2. The number of hydrogen-bond acceptors (Lipinski definition) is 10. The molecule has 2 atom stereocenters. The van der Waals surface area contributed by atoms with Crippen molar-refractivity contribution >= 4 is 47.0 Å². The third kappa shape index (κ3) is 17.4. The number of allylic oxidation sites excluding steroid dienone is 2. The van der Waals surface area contributed by atoms with Crippen molar-refractivity contribution in [3.8, 4) is 11.5 Å². The lowest BCUT2D eigenvalue weighted by Crippen LogP contribution is -2.54. The van der Waals surface area contributed by atoms with Gasteiger partial charge in [-0.1, -0.05) is 111 Å². The fourth-order valence-electron chi connectivity index (χ4n) is 10.6. The van der Waals surface area contributed by atoms with Crippen molar-refractivity contribution in [1.82, 2.24) is 0 Å². The third-order valence-electron chi connectivity index (χ3n) is 15.1. The Hall–Kier alpha value is -6.36. The van der Waals surface area contributed by atoms with E-state index in [1.165, 1.54) is 63.5 Å². The van der Waals surface area contributed by atoms with Crippen LogP contribution in [0.3, 0.4) is 0 Å². The first-order valence-electron chi connectivity index (χ1n) is 26.7. The van der Waals surface area contributed by atoms with Gasteiger partial charge in [-0.15, -0.1) is 13.2 Å². The summed E-state index contributed by atoms with van der Waals surface area (Å²) in [6.07, 6.45) is 24.8. The lowest BCUT2D eigenvalue weighted by atomic mass is 9.66. The maximum Gasteiger partial charge on any atom is 0.314 e. The topological polar surface area (TPSA) is 179 Å². The number of unbranched alkanes of at least 4 members (excludes halogenated alkanes) is 6. The van der Waals surface area contributed by atoms with Crippen LogP contribution in [0.5, 0.6) is 11.5 Å². The molecule has 10 heteroatoms. The average Bonchev–Trinajstić information content (AvgIpc) is 3.41.